The van der Waals surface area contributed by atoms with E-state index in [-0.39, 0.29) is 11.7 Å². The summed E-state index contributed by atoms with van der Waals surface area (Å²) in [5, 5.41) is 0.776. The first-order valence-corrected chi connectivity index (χ1v) is 11.9. The average Bonchev–Trinajstić information content (AvgIpc) is 3.16. The summed E-state index contributed by atoms with van der Waals surface area (Å²) in [6.07, 6.45) is 1.30. The Kier molecular flexibility index (Phi) is 7.86. The lowest BCUT2D eigenvalue weighted by atomic mass is 10.1. The van der Waals surface area contributed by atoms with E-state index in [1.54, 1.807) is 35.2 Å². The van der Waals surface area contributed by atoms with E-state index in [1.165, 1.54) is 17.7 Å². The zero-order valence-corrected chi connectivity index (χ0v) is 19.6. The van der Waals surface area contributed by atoms with Crippen LogP contribution in [0, 0.1) is 19.7 Å². The summed E-state index contributed by atoms with van der Waals surface area (Å²) in [4.78, 5) is 22.9. The molecule has 0 aliphatic carbocycles. The highest BCUT2D eigenvalue weighted by molar-refractivity contribution is 7.99. The molecule has 0 aliphatic rings. The average molecular weight is 446 g/mol. The van der Waals surface area contributed by atoms with E-state index in [2.05, 4.69) is 30.9 Å². The Morgan fingerprint density at radius 2 is 1.77 bits per heavy atom. The summed E-state index contributed by atoms with van der Waals surface area (Å²) >= 11 is 3.17. The van der Waals surface area contributed by atoms with Crippen LogP contribution in [0.2, 0.25) is 0 Å². The van der Waals surface area contributed by atoms with E-state index < -0.39 is 0 Å². The Bertz CT molecular complexity index is 963. The number of amides is 1. The Hall–Kier alpha value is -1.96. The summed E-state index contributed by atoms with van der Waals surface area (Å²) in [6.45, 7) is 5.71. The van der Waals surface area contributed by atoms with Gasteiger partial charge in [-0.25, -0.2) is 9.37 Å². The molecule has 0 radical (unpaired) electrons. The maximum atomic E-state index is 13.1. The number of halogens is 1. The molecule has 0 fully saturated rings. The molecule has 0 saturated carbocycles. The van der Waals surface area contributed by atoms with Gasteiger partial charge in [0.05, 0.1) is 10.2 Å². The van der Waals surface area contributed by atoms with Crippen LogP contribution < -0.4 is 4.90 Å². The van der Waals surface area contributed by atoms with Crippen LogP contribution in [0.15, 0.2) is 41.3 Å². The highest BCUT2D eigenvalue weighted by Crippen LogP contribution is 2.33. The van der Waals surface area contributed by atoms with E-state index in [1.807, 2.05) is 19.0 Å². The molecule has 2 aromatic carbocycles. The van der Waals surface area contributed by atoms with Gasteiger partial charge in [0, 0.05) is 23.6 Å². The molecule has 0 aliphatic heterocycles. The third kappa shape index (κ3) is 5.80. The fourth-order valence-electron chi connectivity index (χ4n) is 3.16. The van der Waals surface area contributed by atoms with Crippen molar-refractivity contribution in [2.24, 2.45) is 0 Å². The predicted octanol–water partition coefficient (Wildman–Crippen LogP) is 5.52. The van der Waals surface area contributed by atoms with E-state index in [9.17, 15) is 9.18 Å². The number of fused-ring (bicyclic) bond motifs is 1. The molecule has 1 amide bonds. The molecule has 0 bridgehead atoms. The van der Waals surface area contributed by atoms with Gasteiger partial charge in [-0.05, 0) is 76.3 Å². The maximum Gasteiger partial charge on any atom is 0.229 e. The van der Waals surface area contributed by atoms with Gasteiger partial charge in [-0.3, -0.25) is 9.69 Å². The number of nitrogens with zero attached hydrogens (tertiary/aromatic N) is 3. The smallest absolute Gasteiger partial charge is 0.229 e. The van der Waals surface area contributed by atoms with Crippen LogP contribution in [0.1, 0.15) is 24.0 Å². The van der Waals surface area contributed by atoms with Crippen molar-refractivity contribution < 1.29 is 9.18 Å². The molecule has 3 aromatic rings. The van der Waals surface area contributed by atoms with Gasteiger partial charge in [-0.1, -0.05) is 23.5 Å². The van der Waals surface area contributed by atoms with E-state index in [4.69, 9.17) is 4.98 Å². The van der Waals surface area contributed by atoms with Gasteiger partial charge in [0.15, 0.2) is 5.13 Å². The van der Waals surface area contributed by atoms with Crippen molar-refractivity contribution in [1.82, 2.24) is 9.88 Å². The van der Waals surface area contributed by atoms with E-state index in [0.717, 1.165) is 38.8 Å². The van der Waals surface area contributed by atoms with Crippen molar-refractivity contribution in [3.8, 4) is 0 Å². The lowest BCUT2D eigenvalue weighted by molar-refractivity contribution is -0.118. The van der Waals surface area contributed by atoms with Gasteiger partial charge in [-0.2, -0.15) is 0 Å². The monoisotopic (exact) mass is 445 g/mol. The number of thiazole rings is 1. The number of thioether (sulfide) groups is 1. The van der Waals surface area contributed by atoms with Crippen molar-refractivity contribution in [3.63, 3.8) is 0 Å². The van der Waals surface area contributed by atoms with Crippen LogP contribution in [0.4, 0.5) is 9.52 Å². The molecule has 1 heterocycles. The fourth-order valence-corrected chi connectivity index (χ4v) is 5.15. The second kappa shape index (κ2) is 10.4. The van der Waals surface area contributed by atoms with Crippen LogP contribution in [-0.2, 0) is 4.79 Å². The number of aromatic nitrogens is 1. The molecule has 0 saturated heterocycles. The minimum Gasteiger partial charge on any atom is -0.309 e. The highest BCUT2D eigenvalue weighted by atomic mass is 32.2. The molecule has 3 rings (SSSR count). The van der Waals surface area contributed by atoms with Crippen LogP contribution in [0.5, 0.6) is 0 Å². The molecule has 1 aromatic heterocycles. The van der Waals surface area contributed by atoms with Crippen LogP contribution in [0.3, 0.4) is 0 Å². The largest absolute Gasteiger partial charge is 0.309 e. The van der Waals surface area contributed by atoms with E-state index in [0.29, 0.717) is 18.7 Å². The SMILES string of the molecule is Cc1ccc(C)c2sc(N(CCCN(C)C)C(=O)CCSc3ccc(F)cc3)nc12. The molecule has 30 heavy (non-hydrogen) atoms. The topological polar surface area (TPSA) is 36.4 Å². The zero-order valence-electron chi connectivity index (χ0n) is 17.9. The molecular formula is C23H28FN3OS2. The maximum absolute atomic E-state index is 13.1. The molecule has 4 nitrogen and oxygen atoms in total. The first kappa shape index (κ1) is 22.7. The number of hydrogen-bond donors (Lipinski definition) is 0. The minimum absolute atomic E-state index is 0.0812. The van der Waals surface area contributed by atoms with Gasteiger partial charge in [0.1, 0.15) is 5.82 Å². The van der Waals surface area contributed by atoms with Gasteiger partial charge < -0.3 is 4.90 Å². The Morgan fingerprint density at radius 1 is 1.07 bits per heavy atom. The van der Waals surface area contributed by atoms with Crippen molar-refractivity contribution in [2.45, 2.75) is 31.6 Å². The lowest BCUT2D eigenvalue weighted by Gasteiger charge is -2.21. The molecule has 160 valence electrons. The second-order valence-corrected chi connectivity index (χ2v) is 9.77. The lowest BCUT2D eigenvalue weighted by Crippen LogP contribution is -2.33. The van der Waals surface area contributed by atoms with Gasteiger partial charge in [0.25, 0.3) is 0 Å². The quantitative estimate of drug-likeness (QED) is 0.407. The summed E-state index contributed by atoms with van der Waals surface area (Å²) < 4.78 is 14.2. The van der Waals surface area contributed by atoms with Crippen molar-refractivity contribution in [1.29, 1.82) is 0 Å². The molecular weight excluding hydrogens is 417 g/mol. The zero-order chi connectivity index (χ0) is 21.7. The summed E-state index contributed by atoms with van der Waals surface area (Å²) in [5.74, 6) is 0.485. The van der Waals surface area contributed by atoms with Crippen LogP contribution in [0.25, 0.3) is 10.2 Å². The van der Waals surface area contributed by atoms with Crippen molar-refractivity contribution >= 4 is 44.4 Å². The van der Waals surface area contributed by atoms with Gasteiger partial charge >= 0.3 is 0 Å². The second-order valence-electron chi connectivity index (χ2n) is 7.63. The molecule has 0 N–H and O–H groups in total. The van der Waals surface area contributed by atoms with Crippen LogP contribution >= 0.6 is 23.1 Å². The number of aryl methyl sites for hydroxylation is 2. The first-order valence-electron chi connectivity index (χ1n) is 10.1. The molecule has 7 heteroatoms. The Balaban J connectivity index is 1.74. The standard InChI is InChI=1S/C23H28FN3OS2/c1-16-6-7-17(2)22-21(16)25-23(30-22)27(14-5-13-26(3)4)20(28)12-15-29-19-10-8-18(24)9-11-19/h6-11H,5,12-15H2,1-4H3. The first-order chi connectivity index (χ1) is 14.3. The number of carbonyl (C=O) groups is 1. The third-order valence-corrected chi connectivity index (χ3v) is 7.08. The normalized spacial score (nSPS) is 11.4. The number of rotatable bonds is 9. The third-order valence-electron chi connectivity index (χ3n) is 4.85. The summed E-state index contributed by atoms with van der Waals surface area (Å²) in [7, 11) is 4.08. The van der Waals surface area contributed by atoms with Gasteiger partial charge in [-0.15, -0.1) is 11.8 Å². The predicted molar refractivity (Wildman–Crippen MR) is 126 cm³/mol. The van der Waals surface area contributed by atoms with Gasteiger partial charge in [0.2, 0.25) is 5.91 Å². The number of carbonyl (C=O) groups excluding carboxylic acids is 1. The number of hydrogen-bond acceptors (Lipinski definition) is 5. The minimum atomic E-state index is -0.246. The summed E-state index contributed by atoms with van der Waals surface area (Å²) in [5.41, 5.74) is 3.30. The molecule has 0 unspecified atom stereocenters. The highest BCUT2D eigenvalue weighted by Gasteiger charge is 2.20. The number of benzene rings is 2. The number of anilines is 1. The van der Waals surface area contributed by atoms with E-state index >= 15 is 0 Å². The van der Waals surface area contributed by atoms with Crippen LogP contribution in [-0.4, -0.2) is 48.7 Å². The molecule has 0 atom stereocenters. The Morgan fingerprint density at radius 3 is 2.43 bits per heavy atom. The van der Waals surface area contributed by atoms with Crippen molar-refractivity contribution in [2.75, 3.05) is 37.8 Å². The molecule has 0 spiro atoms. The van der Waals surface area contributed by atoms with Crippen molar-refractivity contribution in [3.05, 3.63) is 53.3 Å². The summed E-state index contributed by atoms with van der Waals surface area (Å²) in [6, 6.07) is 10.6. The fraction of sp³-hybridized carbons (Fsp3) is 0.391. The Labute approximate surface area is 186 Å².